The molecule has 0 aromatic heterocycles. The van der Waals surface area contributed by atoms with Crippen LogP contribution in [0.1, 0.15) is 32.1 Å². The van der Waals surface area contributed by atoms with E-state index < -0.39 is 0 Å². The van der Waals surface area contributed by atoms with E-state index in [4.69, 9.17) is 4.74 Å². The first kappa shape index (κ1) is 11.9. The number of nitrogens with one attached hydrogen (secondary N) is 1. The maximum Gasteiger partial charge on any atom is 0.0468 e. The molecular formula is C14H26N2O. The zero-order valence-corrected chi connectivity index (χ0v) is 10.9. The lowest BCUT2D eigenvalue weighted by Crippen LogP contribution is -2.53. The Bertz CT molecular complexity index is 241. The Morgan fingerprint density at radius 2 is 1.82 bits per heavy atom. The van der Waals surface area contributed by atoms with E-state index in [1.54, 1.807) is 0 Å². The largest absolute Gasteiger partial charge is 0.381 e. The molecule has 0 atom stereocenters. The molecule has 1 saturated carbocycles. The van der Waals surface area contributed by atoms with E-state index in [-0.39, 0.29) is 0 Å². The first-order valence-corrected chi connectivity index (χ1v) is 7.40. The zero-order valence-electron chi connectivity index (χ0n) is 10.9. The Kier molecular flexibility index (Phi) is 3.69. The maximum atomic E-state index is 5.53. The van der Waals surface area contributed by atoms with Crippen LogP contribution in [0.3, 0.4) is 0 Å². The summed E-state index contributed by atoms with van der Waals surface area (Å²) in [5.41, 5.74) is 0.668. The molecule has 2 heterocycles. The highest BCUT2D eigenvalue weighted by Crippen LogP contribution is 2.51. The summed E-state index contributed by atoms with van der Waals surface area (Å²) >= 11 is 0. The molecule has 0 spiro atoms. The Hall–Kier alpha value is -0.120. The van der Waals surface area contributed by atoms with Crippen LogP contribution < -0.4 is 5.32 Å². The van der Waals surface area contributed by atoms with Crippen LogP contribution in [0.5, 0.6) is 0 Å². The number of piperazine rings is 1. The minimum atomic E-state index is 0.668. The van der Waals surface area contributed by atoms with Gasteiger partial charge in [-0.1, -0.05) is 6.42 Å². The Balaban J connectivity index is 1.60. The fourth-order valence-corrected chi connectivity index (χ4v) is 3.95. The predicted octanol–water partition coefficient (Wildman–Crippen LogP) is 1.49. The van der Waals surface area contributed by atoms with Crippen molar-refractivity contribution < 1.29 is 4.74 Å². The molecule has 0 amide bonds. The third kappa shape index (κ3) is 2.51. The molecule has 3 heteroatoms. The van der Waals surface area contributed by atoms with Gasteiger partial charge in [0.05, 0.1) is 0 Å². The lowest BCUT2D eigenvalue weighted by atomic mass is 9.58. The summed E-state index contributed by atoms with van der Waals surface area (Å²) in [5.74, 6) is 0.944. The minimum Gasteiger partial charge on any atom is -0.381 e. The molecule has 0 aromatic rings. The second kappa shape index (κ2) is 5.25. The third-order valence-corrected chi connectivity index (χ3v) is 5.18. The number of hydrogen-bond acceptors (Lipinski definition) is 3. The van der Waals surface area contributed by atoms with Gasteiger partial charge in [0.1, 0.15) is 0 Å². The fraction of sp³-hybridized carbons (Fsp3) is 1.00. The molecule has 3 fully saturated rings. The van der Waals surface area contributed by atoms with Gasteiger partial charge in [0.15, 0.2) is 0 Å². The van der Waals surface area contributed by atoms with Crippen molar-refractivity contribution >= 4 is 0 Å². The van der Waals surface area contributed by atoms with E-state index >= 15 is 0 Å². The van der Waals surface area contributed by atoms with Crippen molar-refractivity contribution in [1.82, 2.24) is 10.2 Å². The smallest absolute Gasteiger partial charge is 0.0468 e. The number of rotatable bonds is 3. The van der Waals surface area contributed by atoms with E-state index in [1.165, 1.54) is 64.8 Å². The molecule has 2 aliphatic heterocycles. The van der Waals surface area contributed by atoms with E-state index in [2.05, 4.69) is 10.2 Å². The third-order valence-electron chi connectivity index (χ3n) is 5.18. The molecule has 3 rings (SSSR count). The second-order valence-electron chi connectivity index (χ2n) is 6.13. The molecule has 0 bridgehead atoms. The highest BCUT2D eigenvalue weighted by Gasteiger charge is 2.45. The van der Waals surface area contributed by atoms with Gasteiger partial charge in [-0.3, -0.25) is 0 Å². The SMILES string of the molecule is C1CC(CN2CCNCC2)(C2CCOCC2)C1. The van der Waals surface area contributed by atoms with E-state index in [0.717, 1.165) is 19.1 Å². The van der Waals surface area contributed by atoms with Gasteiger partial charge in [-0.05, 0) is 37.0 Å². The van der Waals surface area contributed by atoms with Crippen molar-refractivity contribution in [3.05, 3.63) is 0 Å². The summed E-state index contributed by atoms with van der Waals surface area (Å²) < 4.78 is 5.53. The van der Waals surface area contributed by atoms with E-state index in [9.17, 15) is 0 Å². The van der Waals surface area contributed by atoms with Gasteiger partial charge in [-0.15, -0.1) is 0 Å². The summed E-state index contributed by atoms with van der Waals surface area (Å²) in [5, 5.41) is 3.45. The summed E-state index contributed by atoms with van der Waals surface area (Å²) in [4.78, 5) is 2.70. The Morgan fingerprint density at radius 1 is 1.12 bits per heavy atom. The molecule has 3 aliphatic rings. The van der Waals surface area contributed by atoms with Gasteiger partial charge in [-0.2, -0.15) is 0 Å². The molecule has 17 heavy (non-hydrogen) atoms. The van der Waals surface area contributed by atoms with Crippen molar-refractivity contribution in [2.45, 2.75) is 32.1 Å². The van der Waals surface area contributed by atoms with Crippen LogP contribution in [-0.4, -0.2) is 50.8 Å². The van der Waals surface area contributed by atoms with Crippen molar-refractivity contribution in [3.63, 3.8) is 0 Å². The first-order valence-electron chi connectivity index (χ1n) is 7.40. The van der Waals surface area contributed by atoms with Crippen LogP contribution in [-0.2, 0) is 4.74 Å². The maximum absolute atomic E-state index is 5.53. The molecule has 98 valence electrons. The first-order chi connectivity index (χ1) is 8.39. The van der Waals surface area contributed by atoms with Crippen molar-refractivity contribution in [3.8, 4) is 0 Å². The molecule has 1 aliphatic carbocycles. The van der Waals surface area contributed by atoms with Crippen LogP contribution in [0.4, 0.5) is 0 Å². The highest BCUT2D eigenvalue weighted by atomic mass is 16.5. The van der Waals surface area contributed by atoms with Crippen LogP contribution in [0.15, 0.2) is 0 Å². The quantitative estimate of drug-likeness (QED) is 0.806. The van der Waals surface area contributed by atoms with Crippen molar-refractivity contribution in [2.75, 3.05) is 45.9 Å². The highest BCUT2D eigenvalue weighted by molar-refractivity contribution is 4.96. The average Bonchev–Trinajstić information content (AvgIpc) is 2.36. The molecular weight excluding hydrogens is 212 g/mol. The molecule has 0 radical (unpaired) electrons. The van der Waals surface area contributed by atoms with Crippen LogP contribution in [0.2, 0.25) is 0 Å². The van der Waals surface area contributed by atoms with Crippen LogP contribution in [0.25, 0.3) is 0 Å². The summed E-state index contributed by atoms with van der Waals surface area (Å²) in [7, 11) is 0. The lowest BCUT2D eigenvalue weighted by Gasteiger charge is -2.52. The lowest BCUT2D eigenvalue weighted by molar-refractivity contribution is -0.0514. The summed E-state index contributed by atoms with van der Waals surface area (Å²) in [6, 6.07) is 0. The number of hydrogen-bond donors (Lipinski definition) is 1. The molecule has 1 N–H and O–H groups in total. The van der Waals surface area contributed by atoms with Gasteiger partial charge in [0.2, 0.25) is 0 Å². The van der Waals surface area contributed by atoms with Gasteiger partial charge < -0.3 is 15.0 Å². The number of nitrogens with zero attached hydrogens (tertiary/aromatic N) is 1. The molecule has 0 aromatic carbocycles. The molecule has 0 unspecified atom stereocenters. The minimum absolute atomic E-state index is 0.668. The van der Waals surface area contributed by atoms with Crippen molar-refractivity contribution in [1.29, 1.82) is 0 Å². The van der Waals surface area contributed by atoms with Gasteiger partial charge >= 0.3 is 0 Å². The predicted molar refractivity (Wildman–Crippen MR) is 69.1 cm³/mol. The average molecular weight is 238 g/mol. The van der Waals surface area contributed by atoms with E-state index in [0.29, 0.717) is 5.41 Å². The van der Waals surface area contributed by atoms with Gasteiger partial charge in [-0.25, -0.2) is 0 Å². The van der Waals surface area contributed by atoms with Gasteiger partial charge in [0, 0.05) is 45.9 Å². The Morgan fingerprint density at radius 3 is 2.41 bits per heavy atom. The van der Waals surface area contributed by atoms with Crippen LogP contribution >= 0.6 is 0 Å². The van der Waals surface area contributed by atoms with E-state index in [1.807, 2.05) is 0 Å². The molecule has 2 saturated heterocycles. The second-order valence-corrected chi connectivity index (χ2v) is 6.13. The Labute approximate surface area is 105 Å². The zero-order chi connectivity index (χ0) is 11.6. The summed E-state index contributed by atoms with van der Waals surface area (Å²) in [6.45, 7) is 8.25. The van der Waals surface area contributed by atoms with Gasteiger partial charge in [0.25, 0.3) is 0 Å². The normalized spacial score (nSPS) is 31.1. The summed E-state index contributed by atoms with van der Waals surface area (Å²) in [6.07, 6.45) is 7.03. The topological polar surface area (TPSA) is 24.5 Å². The molecule has 3 nitrogen and oxygen atoms in total. The standard InChI is InChI=1S/C14H26N2O/c1-4-14(5-1,13-2-10-17-11-3-13)12-16-8-6-15-7-9-16/h13,15H,1-12H2. The number of ether oxygens (including phenoxy) is 1. The van der Waals surface area contributed by atoms with Crippen molar-refractivity contribution in [2.24, 2.45) is 11.3 Å². The monoisotopic (exact) mass is 238 g/mol. The fourth-order valence-electron chi connectivity index (χ4n) is 3.95. The van der Waals surface area contributed by atoms with Crippen LogP contribution in [0, 0.1) is 11.3 Å².